The Hall–Kier alpha value is 1.32. The van der Waals surface area contributed by atoms with Gasteiger partial charge in [0, 0.05) is 0 Å². The number of rotatable bonds is 0. The van der Waals surface area contributed by atoms with Crippen LogP contribution in [0.25, 0.3) is 0 Å². The summed E-state index contributed by atoms with van der Waals surface area (Å²) in [5.74, 6) is 0. The summed E-state index contributed by atoms with van der Waals surface area (Å²) in [7, 11) is 0. The maximum absolute atomic E-state index is 5.42. The van der Waals surface area contributed by atoms with Gasteiger partial charge in [-0.15, -0.1) is 0 Å². The van der Waals surface area contributed by atoms with Crippen molar-refractivity contribution in [3.63, 3.8) is 0 Å². The van der Waals surface area contributed by atoms with Gasteiger partial charge in [0.05, 0.1) is 0 Å². The lowest BCUT2D eigenvalue weighted by Gasteiger charge is -1.79. The van der Waals surface area contributed by atoms with Crippen LogP contribution in [-0.2, 0) is 0 Å². The molecule has 0 N–H and O–H groups in total. The second-order valence-electron chi connectivity index (χ2n) is 1.46. The monoisotopic (exact) mass is 211 g/mol. The van der Waals surface area contributed by atoms with Gasteiger partial charge in [0.1, 0.15) is 0 Å². The third-order valence-electron chi connectivity index (χ3n) is 0.883. The molecular weight excluding hydrogens is 213 g/mol. The van der Waals surface area contributed by atoms with Crippen molar-refractivity contribution in [3.05, 3.63) is 5.38 Å². The van der Waals surface area contributed by atoms with Crippen molar-refractivity contribution in [2.24, 2.45) is 0 Å². The maximum Gasteiger partial charge on any atom is 0.357 e. The SMILES string of the molecule is Cl[C+]1C(Cl)(Cl)C1(Cl)Cl. The molecule has 8 heavy (non-hydrogen) atoms. The van der Waals surface area contributed by atoms with Crippen molar-refractivity contribution < 1.29 is 0 Å². The third kappa shape index (κ3) is 0.708. The summed E-state index contributed by atoms with van der Waals surface area (Å²) >= 11 is 27.0. The van der Waals surface area contributed by atoms with Crippen molar-refractivity contribution in [1.29, 1.82) is 0 Å². The molecule has 1 aliphatic rings. The molecule has 46 valence electrons. The molecule has 0 amide bonds. The van der Waals surface area contributed by atoms with Gasteiger partial charge in [-0.1, -0.05) is 0 Å². The summed E-state index contributed by atoms with van der Waals surface area (Å²) in [4.78, 5) is 0. The highest BCUT2D eigenvalue weighted by Gasteiger charge is 2.92. The van der Waals surface area contributed by atoms with Gasteiger partial charge in [0.15, 0.2) is 11.6 Å². The average Bonchev–Trinajstić information content (AvgIpc) is 1.88. The van der Waals surface area contributed by atoms with Crippen LogP contribution in [0.1, 0.15) is 0 Å². The number of halogens is 5. The molecule has 0 saturated heterocycles. The van der Waals surface area contributed by atoms with Crippen LogP contribution in [0.4, 0.5) is 0 Å². The molecule has 0 aromatic heterocycles. The quantitative estimate of drug-likeness (QED) is 0.428. The highest BCUT2D eigenvalue weighted by atomic mass is 35.5. The molecule has 0 heterocycles. The summed E-state index contributed by atoms with van der Waals surface area (Å²) < 4.78 is -2.48. The average molecular weight is 213 g/mol. The second kappa shape index (κ2) is 1.67. The maximum atomic E-state index is 5.42. The van der Waals surface area contributed by atoms with Gasteiger partial charge < -0.3 is 0 Å². The molecule has 0 spiro atoms. The standard InChI is InChI=1S/C3Cl5/c4-1-2(5,6)3(1,7)8/q+1. The van der Waals surface area contributed by atoms with E-state index in [-0.39, 0.29) is 5.38 Å². The Balaban J connectivity index is 2.72. The molecule has 1 rings (SSSR count). The van der Waals surface area contributed by atoms with Crippen LogP contribution in [0.2, 0.25) is 0 Å². The van der Waals surface area contributed by atoms with E-state index in [1.54, 1.807) is 0 Å². The van der Waals surface area contributed by atoms with E-state index >= 15 is 0 Å². The third-order valence-corrected chi connectivity index (χ3v) is 4.11. The van der Waals surface area contributed by atoms with Gasteiger partial charge >= 0.3 is 8.67 Å². The number of hydrogen-bond acceptors (Lipinski definition) is 0. The summed E-state index contributed by atoms with van der Waals surface area (Å²) in [6.07, 6.45) is 0. The molecule has 0 atom stereocenters. The molecule has 0 aromatic rings. The van der Waals surface area contributed by atoms with Gasteiger partial charge in [0.2, 0.25) is 0 Å². The Morgan fingerprint density at radius 3 is 1.00 bits per heavy atom. The molecule has 1 aliphatic carbocycles. The van der Waals surface area contributed by atoms with E-state index in [1.807, 2.05) is 0 Å². The normalized spacial score (nSPS) is 30.4. The Bertz CT molecular complexity index is 103. The molecule has 0 radical (unpaired) electrons. The highest BCUT2D eigenvalue weighted by Crippen LogP contribution is 2.72. The summed E-state index contributed by atoms with van der Waals surface area (Å²) in [5.41, 5.74) is 0. The Labute approximate surface area is 72.0 Å². The van der Waals surface area contributed by atoms with Crippen molar-refractivity contribution in [1.82, 2.24) is 0 Å². The molecule has 0 aromatic carbocycles. The van der Waals surface area contributed by atoms with E-state index in [2.05, 4.69) is 0 Å². The Morgan fingerprint density at radius 2 is 1.00 bits per heavy atom. The molecular formula is C3Cl5+. The number of alkyl halides is 4. The summed E-state index contributed by atoms with van der Waals surface area (Å²) in [5, 5.41) is 0.177. The van der Waals surface area contributed by atoms with Gasteiger partial charge in [-0.25, -0.2) is 0 Å². The van der Waals surface area contributed by atoms with E-state index in [4.69, 9.17) is 58.0 Å². The fraction of sp³-hybridized carbons (Fsp3) is 0.667. The van der Waals surface area contributed by atoms with Crippen LogP contribution in [0.5, 0.6) is 0 Å². The first-order valence-electron chi connectivity index (χ1n) is 1.69. The van der Waals surface area contributed by atoms with Crippen molar-refractivity contribution in [2.75, 3.05) is 0 Å². The van der Waals surface area contributed by atoms with Crippen molar-refractivity contribution in [2.45, 2.75) is 8.67 Å². The largest absolute Gasteiger partial charge is 0.357 e. The van der Waals surface area contributed by atoms with Gasteiger partial charge in [-0.2, -0.15) is 0 Å². The molecule has 0 nitrogen and oxygen atoms in total. The molecule has 5 heteroatoms. The zero-order valence-corrected chi connectivity index (χ0v) is 7.17. The fourth-order valence-electron chi connectivity index (χ4n) is 0.261. The zero-order chi connectivity index (χ0) is 6.58. The summed E-state index contributed by atoms with van der Waals surface area (Å²) in [6.45, 7) is 0. The van der Waals surface area contributed by atoms with Crippen LogP contribution >= 0.6 is 58.0 Å². The zero-order valence-electron chi connectivity index (χ0n) is 3.39. The molecule has 0 aliphatic heterocycles. The first-order valence-corrected chi connectivity index (χ1v) is 3.58. The minimum atomic E-state index is -1.24. The lowest BCUT2D eigenvalue weighted by molar-refractivity contribution is 1.29. The van der Waals surface area contributed by atoms with Crippen LogP contribution in [-0.4, -0.2) is 8.67 Å². The van der Waals surface area contributed by atoms with E-state index < -0.39 is 8.67 Å². The van der Waals surface area contributed by atoms with Crippen LogP contribution in [0.3, 0.4) is 0 Å². The predicted octanol–water partition coefficient (Wildman–Crippen LogP) is 3.12. The Morgan fingerprint density at radius 1 is 0.875 bits per heavy atom. The summed E-state index contributed by atoms with van der Waals surface area (Å²) in [6, 6.07) is 0. The number of hydrogen-bond donors (Lipinski definition) is 0. The molecule has 0 bridgehead atoms. The Kier molecular flexibility index (Phi) is 1.55. The van der Waals surface area contributed by atoms with Crippen molar-refractivity contribution in [3.8, 4) is 0 Å². The van der Waals surface area contributed by atoms with E-state index in [9.17, 15) is 0 Å². The van der Waals surface area contributed by atoms with E-state index in [0.717, 1.165) is 0 Å². The molecule has 1 fully saturated rings. The lowest BCUT2D eigenvalue weighted by atomic mass is 10.9. The van der Waals surface area contributed by atoms with Crippen LogP contribution in [0.15, 0.2) is 0 Å². The van der Waals surface area contributed by atoms with Gasteiger partial charge in [-0.05, 0) is 46.4 Å². The first kappa shape index (κ1) is 7.43. The second-order valence-corrected chi connectivity index (χ2v) is 4.50. The smallest absolute Gasteiger partial charge is 0.0392 e. The predicted molar refractivity (Wildman–Crippen MR) is 38.0 cm³/mol. The van der Waals surface area contributed by atoms with Gasteiger partial charge in [0.25, 0.3) is 5.38 Å². The van der Waals surface area contributed by atoms with Gasteiger partial charge in [-0.3, -0.25) is 0 Å². The highest BCUT2D eigenvalue weighted by molar-refractivity contribution is 6.77. The topological polar surface area (TPSA) is 0 Å². The van der Waals surface area contributed by atoms with E-state index in [1.165, 1.54) is 0 Å². The first-order chi connectivity index (χ1) is 3.40. The minimum Gasteiger partial charge on any atom is -0.0392 e. The van der Waals surface area contributed by atoms with Crippen LogP contribution < -0.4 is 0 Å². The van der Waals surface area contributed by atoms with Crippen molar-refractivity contribution >= 4 is 58.0 Å². The van der Waals surface area contributed by atoms with E-state index in [0.29, 0.717) is 0 Å². The lowest BCUT2D eigenvalue weighted by Crippen LogP contribution is -1.96. The fourth-order valence-corrected chi connectivity index (χ4v) is 1.64. The minimum absolute atomic E-state index is 0.177. The molecule has 1 saturated carbocycles. The molecule has 0 unspecified atom stereocenters. The van der Waals surface area contributed by atoms with Crippen LogP contribution in [0, 0.1) is 5.38 Å².